The van der Waals surface area contributed by atoms with Crippen LogP contribution in [-0.2, 0) is 14.6 Å². The van der Waals surface area contributed by atoms with Crippen molar-refractivity contribution in [3.05, 3.63) is 29.7 Å². The Labute approximate surface area is 162 Å². The number of furan rings is 1. The van der Waals surface area contributed by atoms with Gasteiger partial charge in [0.25, 0.3) is 0 Å². The summed E-state index contributed by atoms with van der Waals surface area (Å²) in [6.07, 6.45) is 5.70. The number of carbonyl (C=O) groups excluding carboxylic acids is 1. The molecule has 2 aliphatic rings. The Hall–Kier alpha value is -1.60. The van der Waals surface area contributed by atoms with Crippen molar-refractivity contribution in [2.45, 2.75) is 38.1 Å². The summed E-state index contributed by atoms with van der Waals surface area (Å²) in [5.74, 6) is 2.93. The van der Waals surface area contributed by atoms with Gasteiger partial charge in [-0.2, -0.15) is 0 Å². The van der Waals surface area contributed by atoms with Gasteiger partial charge in [0.15, 0.2) is 9.84 Å². The van der Waals surface area contributed by atoms with Crippen molar-refractivity contribution < 1.29 is 17.6 Å². The topological polar surface area (TPSA) is 70.8 Å². The fourth-order valence-electron chi connectivity index (χ4n) is 3.68. The molecule has 1 aromatic heterocycles. The zero-order chi connectivity index (χ0) is 19.6. The van der Waals surface area contributed by atoms with Crippen LogP contribution in [0.15, 0.2) is 22.6 Å². The third-order valence-corrected chi connectivity index (χ3v) is 7.20. The summed E-state index contributed by atoms with van der Waals surface area (Å²) in [7, 11) is 0.941. The molecule has 0 radical (unpaired) electrons. The number of amides is 1. The van der Waals surface area contributed by atoms with Crippen LogP contribution in [0.5, 0.6) is 0 Å². The van der Waals surface area contributed by atoms with E-state index in [0.29, 0.717) is 30.6 Å². The highest BCUT2D eigenvalue weighted by Crippen LogP contribution is 2.47. The number of sulfone groups is 1. The molecule has 3 rings (SSSR count). The van der Waals surface area contributed by atoms with E-state index in [4.69, 9.17) is 4.42 Å². The van der Waals surface area contributed by atoms with E-state index in [2.05, 4.69) is 11.8 Å². The standard InChI is InChI=1S/C20H30N2O4S/c1-15-13-18(15)19-7-5-17(26-19)6-8-20(23)22(11-4-10-21(2)3)16-9-12-27(24,25)14-16/h5-8,15-16,18H,4,9-14H2,1-3H3/b8-6+. The molecule has 0 aromatic carbocycles. The summed E-state index contributed by atoms with van der Waals surface area (Å²) < 4.78 is 29.5. The molecule has 2 fully saturated rings. The van der Waals surface area contributed by atoms with Gasteiger partial charge in [-0.05, 0) is 64.0 Å². The maximum Gasteiger partial charge on any atom is 0.246 e. The lowest BCUT2D eigenvalue weighted by molar-refractivity contribution is -0.127. The van der Waals surface area contributed by atoms with Crippen molar-refractivity contribution in [2.24, 2.45) is 5.92 Å². The molecule has 3 unspecified atom stereocenters. The normalized spacial score (nSPS) is 26.7. The summed E-state index contributed by atoms with van der Waals surface area (Å²) in [5.41, 5.74) is 0. The van der Waals surface area contributed by atoms with Gasteiger partial charge in [-0.1, -0.05) is 6.92 Å². The van der Waals surface area contributed by atoms with Crippen LogP contribution in [0.2, 0.25) is 0 Å². The predicted octanol–water partition coefficient (Wildman–Crippen LogP) is 2.38. The zero-order valence-corrected chi connectivity index (χ0v) is 17.2. The van der Waals surface area contributed by atoms with Gasteiger partial charge in [0.1, 0.15) is 11.5 Å². The highest BCUT2D eigenvalue weighted by Gasteiger charge is 2.36. The van der Waals surface area contributed by atoms with Gasteiger partial charge in [-0.3, -0.25) is 4.79 Å². The Morgan fingerprint density at radius 3 is 2.63 bits per heavy atom. The van der Waals surface area contributed by atoms with Gasteiger partial charge in [0, 0.05) is 24.6 Å². The fraction of sp³-hybridized carbons (Fsp3) is 0.650. The van der Waals surface area contributed by atoms with Crippen molar-refractivity contribution in [2.75, 3.05) is 38.7 Å². The minimum Gasteiger partial charge on any atom is -0.461 e. The Kier molecular flexibility index (Phi) is 6.11. The molecule has 0 bridgehead atoms. The largest absolute Gasteiger partial charge is 0.461 e. The Morgan fingerprint density at radius 1 is 1.30 bits per heavy atom. The number of nitrogens with zero attached hydrogens (tertiary/aromatic N) is 2. The molecule has 1 aliphatic heterocycles. The van der Waals surface area contributed by atoms with Crippen LogP contribution >= 0.6 is 0 Å². The van der Waals surface area contributed by atoms with E-state index in [0.717, 1.165) is 25.1 Å². The molecular weight excluding hydrogens is 364 g/mol. The second kappa shape index (κ2) is 8.19. The SMILES string of the molecule is CC1CC1c1ccc(/C=C/C(=O)N(CCCN(C)C)C2CCS(=O)(=O)C2)o1. The summed E-state index contributed by atoms with van der Waals surface area (Å²) in [4.78, 5) is 16.6. The molecule has 3 atom stereocenters. The zero-order valence-electron chi connectivity index (χ0n) is 16.4. The van der Waals surface area contributed by atoms with Crippen LogP contribution in [0.4, 0.5) is 0 Å². The molecule has 150 valence electrons. The van der Waals surface area contributed by atoms with E-state index in [1.165, 1.54) is 6.08 Å². The van der Waals surface area contributed by atoms with Crippen LogP contribution < -0.4 is 0 Å². The van der Waals surface area contributed by atoms with Crippen molar-refractivity contribution in [1.82, 2.24) is 9.80 Å². The van der Waals surface area contributed by atoms with Crippen molar-refractivity contribution >= 4 is 21.8 Å². The maximum absolute atomic E-state index is 12.8. The van der Waals surface area contributed by atoms with Gasteiger partial charge >= 0.3 is 0 Å². The molecule has 1 aliphatic carbocycles. The first-order valence-corrected chi connectivity index (χ1v) is 11.5. The van der Waals surface area contributed by atoms with Crippen LogP contribution in [0, 0.1) is 5.92 Å². The molecule has 1 amide bonds. The molecular formula is C20H30N2O4S. The van der Waals surface area contributed by atoms with E-state index in [1.807, 2.05) is 26.2 Å². The quantitative estimate of drug-likeness (QED) is 0.633. The average Bonchev–Trinajstić information content (AvgIpc) is 3.00. The number of hydrogen-bond acceptors (Lipinski definition) is 5. The molecule has 0 spiro atoms. The predicted molar refractivity (Wildman–Crippen MR) is 106 cm³/mol. The van der Waals surface area contributed by atoms with E-state index in [-0.39, 0.29) is 23.5 Å². The fourth-order valence-corrected chi connectivity index (χ4v) is 5.41. The third kappa shape index (κ3) is 5.45. The molecule has 1 saturated carbocycles. The van der Waals surface area contributed by atoms with E-state index in [9.17, 15) is 13.2 Å². The van der Waals surface area contributed by atoms with E-state index < -0.39 is 9.84 Å². The number of hydrogen-bond donors (Lipinski definition) is 0. The Bertz CT molecular complexity index is 797. The van der Waals surface area contributed by atoms with Gasteiger partial charge in [-0.15, -0.1) is 0 Å². The first-order chi connectivity index (χ1) is 12.7. The van der Waals surface area contributed by atoms with Crippen LogP contribution in [0.25, 0.3) is 6.08 Å². The molecule has 0 N–H and O–H groups in total. The molecule has 6 nitrogen and oxygen atoms in total. The third-order valence-electron chi connectivity index (χ3n) is 5.45. The van der Waals surface area contributed by atoms with E-state index >= 15 is 0 Å². The molecule has 1 aromatic rings. The van der Waals surface area contributed by atoms with Crippen LogP contribution in [0.1, 0.15) is 43.6 Å². The first kappa shape index (κ1) is 20.1. The van der Waals surface area contributed by atoms with Crippen molar-refractivity contribution in [3.8, 4) is 0 Å². The van der Waals surface area contributed by atoms with Gasteiger partial charge < -0.3 is 14.2 Å². The van der Waals surface area contributed by atoms with Crippen LogP contribution in [-0.4, -0.2) is 68.9 Å². The lowest BCUT2D eigenvalue weighted by atomic mass is 10.2. The lowest BCUT2D eigenvalue weighted by Gasteiger charge is -2.27. The summed E-state index contributed by atoms with van der Waals surface area (Å²) in [5, 5.41) is 0. The smallest absolute Gasteiger partial charge is 0.246 e. The monoisotopic (exact) mass is 394 g/mol. The summed E-state index contributed by atoms with van der Waals surface area (Å²) >= 11 is 0. The minimum atomic E-state index is -3.03. The highest BCUT2D eigenvalue weighted by molar-refractivity contribution is 7.91. The molecule has 7 heteroatoms. The van der Waals surface area contributed by atoms with Gasteiger partial charge in [-0.25, -0.2) is 8.42 Å². The summed E-state index contributed by atoms with van der Waals surface area (Å²) in [6.45, 7) is 3.62. The van der Waals surface area contributed by atoms with E-state index in [1.54, 1.807) is 11.0 Å². The number of carbonyl (C=O) groups is 1. The lowest BCUT2D eigenvalue weighted by Crippen LogP contribution is -2.41. The summed E-state index contributed by atoms with van der Waals surface area (Å²) in [6, 6.07) is 3.64. The van der Waals surface area contributed by atoms with Gasteiger partial charge in [0.05, 0.1) is 11.5 Å². The Morgan fingerprint density at radius 2 is 2.04 bits per heavy atom. The molecule has 1 saturated heterocycles. The minimum absolute atomic E-state index is 0.0685. The highest BCUT2D eigenvalue weighted by atomic mass is 32.2. The Balaban J connectivity index is 1.65. The molecule has 2 heterocycles. The van der Waals surface area contributed by atoms with Gasteiger partial charge in [0.2, 0.25) is 5.91 Å². The van der Waals surface area contributed by atoms with Crippen molar-refractivity contribution in [1.29, 1.82) is 0 Å². The van der Waals surface area contributed by atoms with Crippen molar-refractivity contribution in [3.63, 3.8) is 0 Å². The second-order valence-electron chi connectivity index (χ2n) is 8.14. The second-order valence-corrected chi connectivity index (χ2v) is 10.4. The van der Waals surface area contributed by atoms with Crippen LogP contribution in [0.3, 0.4) is 0 Å². The molecule has 27 heavy (non-hydrogen) atoms. The first-order valence-electron chi connectivity index (χ1n) is 9.69. The average molecular weight is 395 g/mol. The maximum atomic E-state index is 12.8. The number of rotatable bonds is 8.